The normalized spacial score (nSPS) is 26.5. The van der Waals surface area contributed by atoms with E-state index in [1.54, 1.807) is 4.90 Å². The van der Waals surface area contributed by atoms with Gasteiger partial charge in [-0.2, -0.15) is 5.06 Å². The van der Waals surface area contributed by atoms with E-state index < -0.39 is 6.67 Å². The van der Waals surface area contributed by atoms with Crippen LogP contribution in [-0.4, -0.2) is 35.3 Å². The highest BCUT2D eigenvalue weighted by Gasteiger charge is 2.46. The summed E-state index contributed by atoms with van der Waals surface area (Å²) in [6, 6.07) is 9.04. The van der Waals surface area contributed by atoms with Gasteiger partial charge >= 0.3 is 6.03 Å². The van der Waals surface area contributed by atoms with Crippen LogP contribution in [0, 0.1) is 0 Å². The molecule has 0 radical (unpaired) electrons. The number of carbonyl (C=O) groups is 1. The molecule has 2 aliphatic heterocycles. The zero-order chi connectivity index (χ0) is 12.5. The lowest BCUT2D eigenvalue weighted by atomic mass is 10.2. The van der Waals surface area contributed by atoms with Crippen molar-refractivity contribution in [2.24, 2.45) is 0 Å². The van der Waals surface area contributed by atoms with E-state index in [2.05, 4.69) is 0 Å². The van der Waals surface area contributed by atoms with Crippen molar-refractivity contribution in [2.45, 2.75) is 25.1 Å². The number of amides is 2. The molecule has 1 aromatic rings. The van der Waals surface area contributed by atoms with Crippen LogP contribution in [0.4, 0.5) is 9.18 Å². The Labute approximate surface area is 105 Å². The van der Waals surface area contributed by atoms with Crippen molar-refractivity contribution in [3.05, 3.63) is 35.9 Å². The Morgan fingerprint density at radius 1 is 1.39 bits per heavy atom. The largest absolute Gasteiger partial charge is 0.347 e. The van der Waals surface area contributed by atoms with Crippen molar-refractivity contribution in [3.63, 3.8) is 0 Å². The van der Waals surface area contributed by atoms with Crippen LogP contribution >= 0.6 is 0 Å². The SMILES string of the molecule is O=C(N1CCCC1CF)N1OC1c1ccccc1. The lowest BCUT2D eigenvalue weighted by Crippen LogP contribution is -2.39. The van der Waals surface area contributed by atoms with Gasteiger partial charge in [-0.1, -0.05) is 30.3 Å². The minimum Gasteiger partial charge on any atom is -0.317 e. The summed E-state index contributed by atoms with van der Waals surface area (Å²) < 4.78 is 12.8. The Kier molecular flexibility index (Phi) is 2.91. The molecule has 5 heteroatoms. The van der Waals surface area contributed by atoms with E-state index >= 15 is 0 Å². The van der Waals surface area contributed by atoms with Crippen molar-refractivity contribution >= 4 is 6.03 Å². The van der Waals surface area contributed by atoms with E-state index in [0.29, 0.717) is 6.54 Å². The van der Waals surface area contributed by atoms with Crippen LogP contribution in [0.15, 0.2) is 30.3 Å². The fraction of sp³-hybridized carbons (Fsp3) is 0.462. The molecular formula is C13H15FN2O2. The average molecular weight is 250 g/mol. The lowest BCUT2D eigenvalue weighted by molar-refractivity contribution is 0.128. The number of alkyl halides is 1. The third-order valence-electron chi connectivity index (χ3n) is 3.45. The molecule has 1 aromatic carbocycles. The van der Waals surface area contributed by atoms with Crippen LogP contribution in [0.25, 0.3) is 0 Å². The first-order valence-corrected chi connectivity index (χ1v) is 6.19. The number of likely N-dealkylation sites (tertiary alicyclic amines) is 1. The standard InChI is InChI=1S/C13H15FN2O2/c14-9-11-7-4-8-15(11)13(17)16-12(18-16)10-5-2-1-3-6-10/h1-3,5-6,11-12H,4,7-9H2. The highest BCUT2D eigenvalue weighted by atomic mass is 19.1. The number of hydrogen-bond acceptors (Lipinski definition) is 2. The van der Waals surface area contributed by atoms with E-state index in [-0.39, 0.29) is 18.3 Å². The minimum atomic E-state index is -0.477. The number of urea groups is 1. The van der Waals surface area contributed by atoms with Gasteiger partial charge in [0.15, 0.2) is 0 Å². The molecule has 3 rings (SSSR count). The summed E-state index contributed by atoms with van der Waals surface area (Å²) in [5, 5.41) is 1.32. The van der Waals surface area contributed by atoms with Crippen LogP contribution in [0.1, 0.15) is 24.6 Å². The summed E-state index contributed by atoms with van der Waals surface area (Å²) in [7, 11) is 0. The van der Waals surface area contributed by atoms with Gasteiger partial charge in [-0.25, -0.2) is 14.0 Å². The number of halogens is 1. The smallest absolute Gasteiger partial charge is 0.317 e. The molecule has 4 nitrogen and oxygen atoms in total. The number of carbonyl (C=O) groups excluding carboxylic acids is 1. The van der Waals surface area contributed by atoms with Gasteiger partial charge < -0.3 is 4.90 Å². The zero-order valence-corrected chi connectivity index (χ0v) is 9.96. The Morgan fingerprint density at radius 3 is 2.89 bits per heavy atom. The monoisotopic (exact) mass is 250 g/mol. The Balaban J connectivity index is 1.66. The third kappa shape index (κ3) is 1.95. The van der Waals surface area contributed by atoms with E-state index in [1.807, 2.05) is 30.3 Å². The maximum absolute atomic E-state index is 12.8. The molecule has 18 heavy (non-hydrogen) atoms. The molecule has 2 atom stereocenters. The number of hydrogen-bond donors (Lipinski definition) is 0. The van der Waals surface area contributed by atoms with Crippen LogP contribution in [0.3, 0.4) is 0 Å². The summed E-state index contributed by atoms with van der Waals surface area (Å²) >= 11 is 0. The molecule has 0 N–H and O–H groups in total. The number of benzene rings is 1. The van der Waals surface area contributed by atoms with E-state index in [4.69, 9.17) is 4.84 Å². The summed E-state index contributed by atoms with van der Waals surface area (Å²) in [5.74, 6) is 0. The molecule has 2 saturated heterocycles. The number of rotatable bonds is 2. The van der Waals surface area contributed by atoms with Gasteiger partial charge in [-0.3, -0.25) is 0 Å². The molecule has 2 heterocycles. The van der Waals surface area contributed by atoms with Gasteiger partial charge in [0.1, 0.15) is 6.67 Å². The van der Waals surface area contributed by atoms with Gasteiger partial charge in [0, 0.05) is 12.1 Å². The number of nitrogens with zero attached hydrogens (tertiary/aromatic N) is 2. The van der Waals surface area contributed by atoms with Gasteiger partial charge in [0.25, 0.3) is 0 Å². The quantitative estimate of drug-likeness (QED) is 0.756. The highest BCUT2D eigenvalue weighted by molar-refractivity contribution is 5.76. The van der Waals surface area contributed by atoms with Gasteiger partial charge in [0.2, 0.25) is 6.23 Å². The molecule has 2 aliphatic rings. The Morgan fingerprint density at radius 2 is 2.17 bits per heavy atom. The van der Waals surface area contributed by atoms with Crippen LogP contribution < -0.4 is 0 Å². The fourth-order valence-electron chi connectivity index (χ4n) is 2.41. The lowest BCUT2D eigenvalue weighted by Gasteiger charge is -2.21. The van der Waals surface area contributed by atoms with E-state index in [9.17, 15) is 9.18 Å². The molecule has 0 bridgehead atoms. The second-order valence-electron chi connectivity index (χ2n) is 4.62. The first kappa shape index (κ1) is 11.5. The molecule has 2 unspecified atom stereocenters. The highest BCUT2D eigenvalue weighted by Crippen LogP contribution is 2.38. The molecule has 0 aromatic heterocycles. The van der Waals surface area contributed by atoms with Crippen molar-refractivity contribution in [3.8, 4) is 0 Å². The maximum Gasteiger partial charge on any atom is 0.347 e. The van der Waals surface area contributed by atoms with Crippen LogP contribution in [-0.2, 0) is 4.84 Å². The minimum absolute atomic E-state index is 0.219. The Hall–Kier alpha value is -1.62. The van der Waals surface area contributed by atoms with Gasteiger partial charge in [0.05, 0.1) is 6.04 Å². The summed E-state index contributed by atoms with van der Waals surface area (Å²) in [6.45, 7) is 0.143. The second-order valence-corrected chi connectivity index (χ2v) is 4.62. The van der Waals surface area contributed by atoms with E-state index in [0.717, 1.165) is 18.4 Å². The second kappa shape index (κ2) is 4.57. The fourth-order valence-corrected chi connectivity index (χ4v) is 2.41. The van der Waals surface area contributed by atoms with E-state index in [1.165, 1.54) is 5.06 Å². The van der Waals surface area contributed by atoms with Crippen molar-refractivity contribution in [1.29, 1.82) is 0 Å². The predicted octanol–water partition coefficient (Wildman–Crippen LogP) is 2.49. The maximum atomic E-state index is 12.8. The average Bonchev–Trinajstić information content (AvgIpc) is 3.08. The topological polar surface area (TPSA) is 35.9 Å². The van der Waals surface area contributed by atoms with Crippen LogP contribution in [0.2, 0.25) is 0 Å². The summed E-state index contributed by atoms with van der Waals surface area (Å²) in [4.78, 5) is 19.0. The predicted molar refractivity (Wildman–Crippen MR) is 63.2 cm³/mol. The first-order valence-electron chi connectivity index (χ1n) is 6.19. The van der Waals surface area contributed by atoms with Crippen LogP contribution in [0.5, 0.6) is 0 Å². The first-order chi connectivity index (χ1) is 8.81. The van der Waals surface area contributed by atoms with Crippen molar-refractivity contribution in [1.82, 2.24) is 9.96 Å². The molecule has 2 fully saturated rings. The molecular weight excluding hydrogens is 235 g/mol. The molecule has 0 aliphatic carbocycles. The third-order valence-corrected chi connectivity index (χ3v) is 3.45. The van der Waals surface area contributed by atoms with Crippen molar-refractivity contribution in [2.75, 3.05) is 13.2 Å². The molecule has 96 valence electrons. The zero-order valence-electron chi connectivity index (χ0n) is 9.96. The Bertz CT molecular complexity index is 440. The summed E-state index contributed by atoms with van der Waals surface area (Å²) in [6.07, 6.45) is 1.30. The van der Waals surface area contributed by atoms with Gasteiger partial charge in [-0.05, 0) is 12.8 Å². The van der Waals surface area contributed by atoms with Crippen molar-refractivity contribution < 1.29 is 14.0 Å². The number of hydroxylamine groups is 2. The molecule has 2 amide bonds. The molecule has 0 spiro atoms. The molecule has 0 saturated carbocycles. The van der Waals surface area contributed by atoms with Gasteiger partial charge in [-0.15, -0.1) is 0 Å². The summed E-state index contributed by atoms with van der Waals surface area (Å²) in [5.41, 5.74) is 0.946.